The molecule has 98 valence electrons. The molecular weight excluding hydrogens is 256 g/mol. The minimum atomic E-state index is 0.340. The zero-order valence-corrected chi connectivity index (χ0v) is 12.0. The van der Waals surface area contributed by atoms with Crippen molar-refractivity contribution in [1.82, 2.24) is 9.97 Å². The van der Waals surface area contributed by atoms with E-state index in [-0.39, 0.29) is 0 Å². The van der Waals surface area contributed by atoms with E-state index in [1.165, 1.54) is 0 Å². The highest BCUT2D eigenvalue weighted by molar-refractivity contribution is 7.80. The molecule has 0 aliphatic heterocycles. The molecule has 0 unspecified atom stereocenters. The van der Waals surface area contributed by atoms with Crippen molar-refractivity contribution in [3.63, 3.8) is 0 Å². The molecule has 2 heterocycles. The van der Waals surface area contributed by atoms with Crippen molar-refractivity contribution >= 4 is 28.6 Å². The highest BCUT2D eigenvalue weighted by atomic mass is 32.1. The second-order valence-corrected chi connectivity index (χ2v) is 4.89. The van der Waals surface area contributed by atoms with Gasteiger partial charge in [0.15, 0.2) is 0 Å². The number of aryl methyl sites for hydroxylation is 3. The summed E-state index contributed by atoms with van der Waals surface area (Å²) >= 11 is 5.10. The molecule has 0 amide bonds. The molecular formula is C14H16N4S. The van der Waals surface area contributed by atoms with Crippen LogP contribution in [0, 0.1) is 20.8 Å². The van der Waals surface area contributed by atoms with Gasteiger partial charge in [-0.15, -0.1) is 0 Å². The summed E-state index contributed by atoms with van der Waals surface area (Å²) in [6.07, 6.45) is 1.78. The second-order valence-electron chi connectivity index (χ2n) is 4.45. The van der Waals surface area contributed by atoms with Gasteiger partial charge in [-0.1, -0.05) is 12.2 Å². The summed E-state index contributed by atoms with van der Waals surface area (Å²) in [6, 6.07) is 5.85. The number of aromatic nitrogens is 2. The summed E-state index contributed by atoms with van der Waals surface area (Å²) in [7, 11) is 0. The van der Waals surface area contributed by atoms with Crippen molar-refractivity contribution in [2.75, 3.05) is 5.32 Å². The lowest BCUT2D eigenvalue weighted by atomic mass is 10.1. The Balaban J connectivity index is 2.44. The van der Waals surface area contributed by atoms with Crippen molar-refractivity contribution in [3.8, 4) is 0 Å². The van der Waals surface area contributed by atoms with E-state index in [1.54, 1.807) is 6.20 Å². The molecule has 19 heavy (non-hydrogen) atoms. The summed E-state index contributed by atoms with van der Waals surface area (Å²) < 4.78 is 0. The van der Waals surface area contributed by atoms with E-state index in [2.05, 4.69) is 15.3 Å². The van der Waals surface area contributed by atoms with Crippen molar-refractivity contribution in [2.24, 2.45) is 5.73 Å². The van der Waals surface area contributed by atoms with Crippen LogP contribution in [0.1, 0.15) is 22.6 Å². The molecule has 3 N–H and O–H groups in total. The summed E-state index contributed by atoms with van der Waals surface area (Å²) in [4.78, 5) is 8.98. The van der Waals surface area contributed by atoms with Gasteiger partial charge < -0.3 is 11.1 Å². The first-order chi connectivity index (χ1) is 8.97. The zero-order valence-electron chi connectivity index (χ0n) is 11.2. The number of nitrogens with zero attached hydrogens (tertiary/aromatic N) is 2. The first-order valence-electron chi connectivity index (χ1n) is 5.95. The van der Waals surface area contributed by atoms with Gasteiger partial charge in [0.1, 0.15) is 4.99 Å². The predicted octanol–water partition coefficient (Wildman–Crippen LogP) is 2.78. The van der Waals surface area contributed by atoms with E-state index in [0.29, 0.717) is 4.99 Å². The first kappa shape index (κ1) is 13.4. The SMILES string of the molecule is Cc1ccc(Nc2cc(C)nc(C)c2C(N)=S)cn1. The maximum Gasteiger partial charge on any atom is 0.107 e. The molecule has 0 fully saturated rings. The van der Waals surface area contributed by atoms with E-state index in [0.717, 1.165) is 34.0 Å². The molecule has 0 aliphatic rings. The zero-order chi connectivity index (χ0) is 14.0. The fraction of sp³-hybridized carbons (Fsp3) is 0.214. The topological polar surface area (TPSA) is 63.8 Å². The predicted molar refractivity (Wildman–Crippen MR) is 81.9 cm³/mol. The molecule has 2 aromatic rings. The van der Waals surface area contributed by atoms with Gasteiger partial charge in [-0.05, 0) is 39.0 Å². The molecule has 0 atom stereocenters. The van der Waals surface area contributed by atoms with Gasteiger partial charge >= 0.3 is 0 Å². The molecule has 0 saturated heterocycles. The third-order valence-corrected chi connectivity index (χ3v) is 2.97. The number of nitrogens with one attached hydrogen (secondary N) is 1. The third kappa shape index (κ3) is 3.06. The molecule has 0 aliphatic carbocycles. The molecule has 0 radical (unpaired) electrons. The van der Waals surface area contributed by atoms with E-state index < -0.39 is 0 Å². The van der Waals surface area contributed by atoms with Crippen LogP contribution in [0.15, 0.2) is 24.4 Å². The fourth-order valence-electron chi connectivity index (χ4n) is 1.94. The van der Waals surface area contributed by atoms with Gasteiger partial charge in [-0.25, -0.2) is 0 Å². The van der Waals surface area contributed by atoms with Gasteiger partial charge in [0.25, 0.3) is 0 Å². The van der Waals surface area contributed by atoms with Crippen molar-refractivity contribution in [1.29, 1.82) is 0 Å². The fourth-order valence-corrected chi connectivity index (χ4v) is 2.19. The Kier molecular flexibility index (Phi) is 3.76. The maximum atomic E-state index is 5.78. The number of anilines is 2. The number of hydrogen-bond donors (Lipinski definition) is 2. The molecule has 0 spiro atoms. The summed E-state index contributed by atoms with van der Waals surface area (Å²) in [5.74, 6) is 0. The third-order valence-electron chi connectivity index (χ3n) is 2.77. The van der Waals surface area contributed by atoms with E-state index in [1.807, 2.05) is 39.0 Å². The van der Waals surface area contributed by atoms with Crippen LogP contribution in [-0.2, 0) is 0 Å². The Morgan fingerprint density at radius 3 is 2.53 bits per heavy atom. The Bertz CT molecular complexity index is 620. The van der Waals surface area contributed by atoms with Gasteiger partial charge in [0, 0.05) is 17.1 Å². The minimum absolute atomic E-state index is 0.340. The summed E-state index contributed by atoms with van der Waals surface area (Å²) in [5.41, 5.74) is 11.0. The van der Waals surface area contributed by atoms with Crippen LogP contribution in [-0.4, -0.2) is 15.0 Å². The molecule has 2 aromatic heterocycles. The Morgan fingerprint density at radius 2 is 1.95 bits per heavy atom. The first-order valence-corrected chi connectivity index (χ1v) is 6.36. The Morgan fingerprint density at radius 1 is 1.21 bits per heavy atom. The van der Waals surface area contributed by atoms with Crippen LogP contribution in [0.5, 0.6) is 0 Å². The monoisotopic (exact) mass is 272 g/mol. The molecule has 0 bridgehead atoms. The number of nitrogens with two attached hydrogens (primary N) is 1. The lowest BCUT2D eigenvalue weighted by Crippen LogP contribution is -2.15. The Labute approximate surface area is 118 Å². The second kappa shape index (κ2) is 5.32. The highest BCUT2D eigenvalue weighted by Gasteiger charge is 2.11. The Hall–Kier alpha value is -2.01. The van der Waals surface area contributed by atoms with Crippen LogP contribution in [0.25, 0.3) is 0 Å². The highest BCUT2D eigenvalue weighted by Crippen LogP contribution is 2.23. The maximum absolute atomic E-state index is 5.78. The minimum Gasteiger partial charge on any atom is -0.389 e. The number of hydrogen-bond acceptors (Lipinski definition) is 4. The summed E-state index contributed by atoms with van der Waals surface area (Å²) in [6.45, 7) is 5.79. The van der Waals surface area contributed by atoms with Gasteiger partial charge in [0.2, 0.25) is 0 Å². The average molecular weight is 272 g/mol. The molecule has 0 saturated carbocycles. The average Bonchev–Trinajstić information content (AvgIpc) is 2.30. The van der Waals surface area contributed by atoms with E-state index in [9.17, 15) is 0 Å². The number of thiocarbonyl (C=S) groups is 1. The van der Waals surface area contributed by atoms with Gasteiger partial charge in [0.05, 0.1) is 23.1 Å². The standard InChI is InChI=1S/C14H16N4S/c1-8-4-5-11(7-16-8)18-12-6-9(2)17-10(3)13(12)14(15)19/h4-7H,1-3H3,(H2,15,19)(H,17,18). The molecule has 2 rings (SSSR count). The van der Waals surface area contributed by atoms with Crippen LogP contribution in [0.4, 0.5) is 11.4 Å². The lowest BCUT2D eigenvalue weighted by Gasteiger charge is -2.14. The quantitative estimate of drug-likeness (QED) is 0.841. The number of pyridine rings is 2. The number of rotatable bonds is 3. The van der Waals surface area contributed by atoms with Crippen molar-refractivity contribution in [2.45, 2.75) is 20.8 Å². The smallest absolute Gasteiger partial charge is 0.107 e. The van der Waals surface area contributed by atoms with Crippen LogP contribution in [0.2, 0.25) is 0 Å². The van der Waals surface area contributed by atoms with Crippen molar-refractivity contribution < 1.29 is 0 Å². The molecule has 4 nitrogen and oxygen atoms in total. The van der Waals surface area contributed by atoms with E-state index >= 15 is 0 Å². The van der Waals surface area contributed by atoms with Crippen LogP contribution < -0.4 is 11.1 Å². The van der Waals surface area contributed by atoms with Crippen LogP contribution >= 0.6 is 12.2 Å². The van der Waals surface area contributed by atoms with Gasteiger partial charge in [-0.2, -0.15) is 0 Å². The van der Waals surface area contributed by atoms with E-state index in [4.69, 9.17) is 18.0 Å². The molecule has 5 heteroatoms. The summed E-state index contributed by atoms with van der Waals surface area (Å²) in [5, 5.41) is 3.29. The van der Waals surface area contributed by atoms with Gasteiger partial charge in [-0.3, -0.25) is 9.97 Å². The lowest BCUT2D eigenvalue weighted by molar-refractivity contribution is 1.11. The van der Waals surface area contributed by atoms with Crippen LogP contribution in [0.3, 0.4) is 0 Å². The molecule has 0 aromatic carbocycles. The van der Waals surface area contributed by atoms with Crippen molar-refractivity contribution in [3.05, 3.63) is 47.0 Å². The largest absolute Gasteiger partial charge is 0.389 e. The normalized spacial score (nSPS) is 10.3.